The van der Waals surface area contributed by atoms with Crippen LogP contribution in [0.1, 0.15) is 38.3 Å². The van der Waals surface area contributed by atoms with Crippen LogP contribution in [0.2, 0.25) is 0 Å². The van der Waals surface area contributed by atoms with Crippen LogP contribution in [-0.2, 0) is 4.74 Å². The summed E-state index contributed by atoms with van der Waals surface area (Å²) in [7, 11) is 3.49. The number of rotatable bonds is 4. The Kier molecular flexibility index (Phi) is 4.55. The second-order valence-electron chi connectivity index (χ2n) is 5.86. The number of piperidine rings is 1. The van der Waals surface area contributed by atoms with Crippen molar-refractivity contribution in [3.05, 3.63) is 23.8 Å². The summed E-state index contributed by atoms with van der Waals surface area (Å²) in [5.41, 5.74) is 8.32. The van der Waals surface area contributed by atoms with Gasteiger partial charge in [-0.1, -0.05) is 6.07 Å². The SMILES string of the molecule is COc1cccc(N2CCCC(C)(OC)C2)c1[C@@H](C)N. The maximum absolute atomic E-state index is 6.16. The van der Waals surface area contributed by atoms with Crippen LogP contribution in [0.3, 0.4) is 0 Å². The molecule has 0 spiro atoms. The van der Waals surface area contributed by atoms with Gasteiger partial charge in [0.15, 0.2) is 0 Å². The first-order chi connectivity index (χ1) is 9.50. The van der Waals surface area contributed by atoms with E-state index in [1.807, 2.05) is 19.1 Å². The van der Waals surface area contributed by atoms with Crippen molar-refractivity contribution in [1.82, 2.24) is 0 Å². The second-order valence-corrected chi connectivity index (χ2v) is 5.86. The van der Waals surface area contributed by atoms with Crippen molar-refractivity contribution in [1.29, 1.82) is 0 Å². The molecule has 1 fully saturated rings. The van der Waals surface area contributed by atoms with Crippen molar-refractivity contribution in [3.8, 4) is 5.75 Å². The molecule has 4 heteroatoms. The molecule has 2 atom stereocenters. The molecule has 20 heavy (non-hydrogen) atoms. The van der Waals surface area contributed by atoms with Gasteiger partial charge in [0.2, 0.25) is 0 Å². The monoisotopic (exact) mass is 278 g/mol. The third-order valence-corrected chi connectivity index (χ3v) is 4.21. The molecule has 1 heterocycles. The molecule has 0 saturated carbocycles. The van der Waals surface area contributed by atoms with Crippen LogP contribution in [0.5, 0.6) is 5.75 Å². The van der Waals surface area contributed by atoms with Crippen LogP contribution in [0.4, 0.5) is 5.69 Å². The smallest absolute Gasteiger partial charge is 0.125 e. The number of ether oxygens (including phenoxy) is 2. The highest BCUT2D eigenvalue weighted by molar-refractivity contribution is 5.61. The fourth-order valence-electron chi connectivity index (χ4n) is 3.02. The minimum absolute atomic E-state index is 0.0584. The summed E-state index contributed by atoms with van der Waals surface area (Å²) in [5, 5.41) is 0. The lowest BCUT2D eigenvalue weighted by atomic mass is 9.93. The largest absolute Gasteiger partial charge is 0.496 e. The van der Waals surface area contributed by atoms with E-state index in [0.717, 1.165) is 37.2 Å². The average Bonchev–Trinajstić information content (AvgIpc) is 2.46. The molecule has 2 N–H and O–H groups in total. The molecule has 1 aliphatic rings. The number of anilines is 1. The predicted molar refractivity (Wildman–Crippen MR) is 82.5 cm³/mol. The van der Waals surface area contributed by atoms with Crippen molar-refractivity contribution < 1.29 is 9.47 Å². The van der Waals surface area contributed by atoms with Crippen LogP contribution in [0.25, 0.3) is 0 Å². The second kappa shape index (κ2) is 6.02. The first kappa shape index (κ1) is 15.1. The Morgan fingerprint density at radius 3 is 2.70 bits per heavy atom. The summed E-state index contributed by atoms with van der Waals surface area (Å²) in [5.74, 6) is 0.863. The zero-order valence-electron chi connectivity index (χ0n) is 13.0. The van der Waals surface area contributed by atoms with Crippen molar-refractivity contribution in [3.63, 3.8) is 0 Å². The Morgan fingerprint density at radius 1 is 1.35 bits per heavy atom. The van der Waals surface area contributed by atoms with Gasteiger partial charge in [-0.05, 0) is 38.8 Å². The van der Waals surface area contributed by atoms with Gasteiger partial charge in [0.1, 0.15) is 5.75 Å². The van der Waals surface area contributed by atoms with Crippen molar-refractivity contribution in [2.75, 3.05) is 32.2 Å². The minimum Gasteiger partial charge on any atom is -0.496 e. The van der Waals surface area contributed by atoms with Gasteiger partial charge in [-0.2, -0.15) is 0 Å². The van der Waals surface area contributed by atoms with Gasteiger partial charge in [0.25, 0.3) is 0 Å². The molecule has 0 aliphatic carbocycles. The van der Waals surface area contributed by atoms with Gasteiger partial charge < -0.3 is 20.1 Å². The van der Waals surface area contributed by atoms with Gasteiger partial charge in [0.05, 0.1) is 12.7 Å². The Hall–Kier alpha value is -1.26. The molecular weight excluding hydrogens is 252 g/mol. The summed E-state index contributed by atoms with van der Waals surface area (Å²) in [6.07, 6.45) is 2.22. The third-order valence-electron chi connectivity index (χ3n) is 4.21. The quantitative estimate of drug-likeness (QED) is 0.920. The molecule has 1 aromatic rings. The van der Waals surface area contributed by atoms with E-state index in [0.29, 0.717) is 0 Å². The highest BCUT2D eigenvalue weighted by atomic mass is 16.5. The fraction of sp³-hybridized carbons (Fsp3) is 0.625. The Morgan fingerprint density at radius 2 is 2.10 bits per heavy atom. The molecule has 0 aromatic heterocycles. The molecule has 4 nitrogen and oxygen atoms in total. The summed E-state index contributed by atoms with van der Waals surface area (Å²) < 4.78 is 11.2. The Balaban J connectivity index is 2.37. The molecule has 2 rings (SSSR count). The highest BCUT2D eigenvalue weighted by Crippen LogP contribution is 2.36. The molecule has 0 amide bonds. The van der Waals surface area contributed by atoms with E-state index in [1.54, 1.807) is 14.2 Å². The van der Waals surface area contributed by atoms with Crippen molar-refractivity contribution >= 4 is 5.69 Å². The van der Waals surface area contributed by atoms with E-state index < -0.39 is 0 Å². The molecule has 1 aliphatic heterocycles. The standard InChI is InChI=1S/C16H26N2O2/c1-12(17)15-13(7-5-8-14(15)19-3)18-10-6-9-16(2,11-18)20-4/h5,7-8,12H,6,9-11,17H2,1-4H3/t12-,16?/m1/s1. The van der Waals surface area contributed by atoms with Crippen LogP contribution in [-0.4, -0.2) is 32.9 Å². The minimum atomic E-state index is -0.0869. The maximum Gasteiger partial charge on any atom is 0.125 e. The van der Waals surface area contributed by atoms with Crippen LogP contribution >= 0.6 is 0 Å². The summed E-state index contributed by atoms with van der Waals surface area (Å²) in [6, 6.07) is 6.07. The van der Waals surface area contributed by atoms with Crippen molar-refractivity contribution in [2.45, 2.75) is 38.3 Å². The van der Waals surface area contributed by atoms with Gasteiger partial charge in [-0.3, -0.25) is 0 Å². The maximum atomic E-state index is 6.16. The van der Waals surface area contributed by atoms with Gasteiger partial charge in [-0.25, -0.2) is 0 Å². The topological polar surface area (TPSA) is 47.7 Å². The Labute approximate surface area is 121 Å². The van der Waals surface area contributed by atoms with Gasteiger partial charge in [0, 0.05) is 37.5 Å². The predicted octanol–water partition coefficient (Wildman–Crippen LogP) is 2.72. The number of benzene rings is 1. The van der Waals surface area contributed by atoms with E-state index in [2.05, 4.69) is 17.9 Å². The number of hydrogen-bond donors (Lipinski definition) is 1. The molecule has 1 saturated heterocycles. The zero-order valence-corrected chi connectivity index (χ0v) is 13.0. The van der Waals surface area contributed by atoms with Gasteiger partial charge >= 0.3 is 0 Å². The van der Waals surface area contributed by atoms with E-state index in [9.17, 15) is 0 Å². The van der Waals surface area contributed by atoms with Gasteiger partial charge in [-0.15, -0.1) is 0 Å². The zero-order chi connectivity index (χ0) is 14.8. The summed E-state index contributed by atoms with van der Waals surface area (Å²) in [4.78, 5) is 2.37. The molecular formula is C16H26N2O2. The van der Waals surface area contributed by atoms with E-state index in [4.69, 9.17) is 15.2 Å². The van der Waals surface area contributed by atoms with E-state index in [1.165, 1.54) is 5.69 Å². The summed E-state index contributed by atoms with van der Waals surface area (Å²) >= 11 is 0. The van der Waals surface area contributed by atoms with Crippen molar-refractivity contribution in [2.24, 2.45) is 5.73 Å². The lowest BCUT2D eigenvalue weighted by Gasteiger charge is -2.41. The lowest BCUT2D eigenvalue weighted by Crippen LogP contribution is -2.47. The lowest BCUT2D eigenvalue weighted by molar-refractivity contribution is -0.00470. The molecule has 0 bridgehead atoms. The fourth-order valence-corrected chi connectivity index (χ4v) is 3.02. The molecule has 1 aromatic carbocycles. The first-order valence-electron chi connectivity index (χ1n) is 7.23. The Bertz CT molecular complexity index is 462. The third kappa shape index (κ3) is 2.91. The molecule has 112 valence electrons. The normalized spacial score (nSPS) is 24.6. The van der Waals surface area contributed by atoms with Crippen LogP contribution in [0, 0.1) is 0 Å². The number of nitrogens with two attached hydrogens (primary N) is 1. The van der Waals surface area contributed by atoms with Crippen LogP contribution < -0.4 is 15.4 Å². The number of nitrogens with zero attached hydrogens (tertiary/aromatic N) is 1. The number of methoxy groups -OCH3 is 2. The summed E-state index contributed by atoms with van der Waals surface area (Å²) in [6.45, 7) is 6.09. The van der Waals surface area contributed by atoms with E-state index >= 15 is 0 Å². The number of hydrogen-bond acceptors (Lipinski definition) is 4. The van der Waals surface area contributed by atoms with Crippen LogP contribution in [0.15, 0.2) is 18.2 Å². The first-order valence-corrected chi connectivity index (χ1v) is 7.23. The molecule has 0 radical (unpaired) electrons. The van der Waals surface area contributed by atoms with E-state index in [-0.39, 0.29) is 11.6 Å². The molecule has 1 unspecified atom stereocenters. The average molecular weight is 278 g/mol. The highest BCUT2D eigenvalue weighted by Gasteiger charge is 2.32.